The number of rotatable bonds is 5. The van der Waals surface area contributed by atoms with Gasteiger partial charge in [-0.1, -0.05) is 29.8 Å². The van der Waals surface area contributed by atoms with E-state index in [4.69, 9.17) is 5.11 Å². The molecule has 0 bridgehead atoms. The Hall–Kier alpha value is -1.56. The van der Waals surface area contributed by atoms with Gasteiger partial charge in [0.2, 0.25) is 0 Å². The minimum atomic E-state index is -1.03. The number of urea groups is 1. The second kappa shape index (κ2) is 7.28. The maximum absolute atomic E-state index is 12.1. The summed E-state index contributed by atoms with van der Waals surface area (Å²) in [6.07, 6.45) is 1.75. The van der Waals surface area contributed by atoms with Crippen molar-refractivity contribution in [3.63, 3.8) is 0 Å². The Morgan fingerprint density at radius 2 is 1.90 bits per heavy atom. The Kier molecular flexibility index (Phi) is 6.01. The first-order valence-corrected chi connectivity index (χ1v) is 7.26. The summed E-state index contributed by atoms with van der Waals surface area (Å²) in [6.45, 7) is 4.05. The molecule has 0 saturated heterocycles. The fourth-order valence-electron chi connectivity index (χ4n) is 2.00. The molecule has 0 aliphatic heterocycles. The number of amides is 2. The molecule has 0 aromatic heterocycles. The van der Waals surface area contributed by atoms with Gasteiger partial charge in [-0.15, -0.1) is 0 Å². The summed E-state index contributed by atoms with van der Waals surface area (Å²) < 4.78 is 0.609. The fraction of sp³-hybridized carbons (Fsp3) is 0.429. The lowest BCUT2D eigenvalue weighted by molar-refractivity contribution is 0.0696. The number of aromatic carboxylic acids is 1. The molecule has 0 heterocycles. The quantitative estimate of drug-likeness (QED) is 0.854. The van der Waals surface area contributed by atoms with Crippen molar-refractivity contribution in [2.24, 2.45) is 0 Å². The van der Waals surface area contributed by atoms with Gasteiger partial charge in [0.25, 0.3) is 0 Å². The molecule has 0 aliphatic rings. The Morgan fingerprint density at radius 1 is 1.30 bits per heavy atom. The minimum absolute atomic E-state index is 0.125. The molecule has 110 valence electrons. The minimum Gasteiger partial charge on any atom is -0.478 e. The van der Waals surface area contributed by atoms with Crippen LogP contribution in [0.4, 0.5) is 10.5 Å². The summed E-state index contributed by atoms with van der Waals surface area (Å²) >= 11 is 3.24. The van der Waals surface area contributed by atoms with Gasteiger partial charge in [-0.05, 0) is 31.0 Å². The molecule has 2 amide bonds. The third-order valence-electron chi connectivity index (χ3n) is 3.21. The average molecular weight is 343 g/mol. The van der Waals surface area contributed by atoms with Gasteiger partial charge >= 0.3 is 12.0 Å². The SMILES string of the molecule is CCC(CC)N(C)C(=O)Nc1cc(Br)cc(C(=O)O)c1. The second-order valence-corrected chi connectivity index (χ2v) is 5.46. The van der Waals surface area contributed by atoms with Crippen LogP contribution in [0, 0.1) is 0 Å². The predicted molar refractivity (Wildman–Crippen MR) is 82.3 cm³/mol. The molecule has 1 aromatic rings. The highest BCUT2D eigenvalue weighted by atomic mass is 79.9. The number of carboxylic acid groups (broad SMARTS) is 1. The number of carbonyl (C=O) groups is 2. The van der Waals surface area contributed by atoms with Gasteiger partial charge < -0.3 is 15.3 Å². The van der Waals surface area contributed by atoms with Crippen LogP contribution in [-0.4, -0.2) is 35.1 Å². The van der Waals surface area contributed by atoms with Gasteiger partial charge in [0.1, 0.15) is 0 Å². The monoisotopic (exact) mass is 342 g/mol. The van der Waals surface area contributed by atoms with E-state index in [1.807, 2.05) is 13.8 Å². The normalized spacial score (nSPS) is 10.4. The first kappa shape index (κ1) is 16.5. The summed E-state index contributed by atoms with van der Waals surface area (Å²) in [4.78, 5) is 24.7. The lowest BCUT2D eigenvalue weighted by Gasteiger charge is -2.26. The highest BCUT2D eigenvalue weighted by Gasteiger charge is 2.17. The van der Waals surface area contributed by atoms with E-state index in [0.717, 1.165) is 12.8 Å². The summed E-state index contributed by atoms with van der Waals surface area (Å²) in [6, 6.07) is 4.52. The van der Waals surface area contributed by atoms with Crippen molar-refractivity contribution in [3.05, 3.63) is 28.2 Å². The van der Waals surface area contributed by atoms with Crippen molar-refractivity contribution in [1.29, 1.82) is 0 Å². The van der Waals surface area contributed by atoms with Crippen LogP contribution < -0.4 is 5.32 Å². The topological polar surface area (TPSA) is 69.6 Å². The summed E-state index contributed by atoms with van der Waals surface area (Å²) in [7, 11) is 1.74. The molecule has 0 fully saturated rings. The van der Waals surface area contributed by atoms with Crippen molar-refractivity contribution in [2.75, 3.05) is 12.4 Å². The number of hydrogen-bond donors (Lipinski definition) is 2. The van der Waals surface area contributed by atoms with Crippen LogP contribution in [0.25, 0.3) is 0 Å². The molecule has 2 N–H and O–H groups in total. The first-order chi connectivity index (χ1) is 9.38. The van der Waals surface area contributed by atoms with Gasteiger partial charge in [-0.3, -0.25) is 0 Å². The van der Waals surface area contributed by atoms with Crippen LogP contribution in [0.2, 0.25) is 0 Å². The smallest absolute Gasteiger partial charge is 0.335 e. The van der Waals surface area contributed by atoms with Crippen LogP contribution in [0.5, 0.6) is 0 Å². The lowest BCUT2D eigenvalue weighted by atomic mass is 10.1. The Bertz CT molecular complexity index is 501. The molecule has 0 atom stereocenters. The first-order valence-electron chi connectivity index (χ1n) is 6.46. The van der Waals surface area contributed by atoms with Crippen LogP contribution in [0.1, 0.15) is 37.0 Å². The third-order valence-corrected chi connectivity index (χ3v) is 3.66. The van der Waals surface area contributed by atoms with Crippen molar-refractivity contribution in [1.82, 2.24) is 4.90 Å². The highest BCUT2D eigenvalue weighted by molar-refractivity contribution is 9.10. The van der Waals surface area contributed by atoms with Gasteiger partial charge in [0.15, 0.2) is 0 Å². The summed E-state index contributed by atoms with van der Waals surface area (Å²) in [5.74, 6) is -1.03. The van der Waals surface area contributed by atoms with Crippen LogP contribution >= 0.6 is 15.9 Å². The largest absolute Gasteiger partial charge is 0.478 e. The maximum atomic E-state index is 12.1. The number of carbonyl (C=O) groups excluding carboxylic acids is 1. The van der Waals surface area contributed by atoms with Gasteiger partial charge in [0, 0.05) is 23.2 Å². The van der Waals surface area contributed by atoms with Crippen LogP contribution in [-0.2, 0) is 0 Å². The number of benzene rings is 1. The molecule has 6 heteroatoms. The Morgan fingerprint density at radius 3 is 2.40 bits per heavy atom. The van der Waals surface area contributed by atoms with Crippen LogP contribution in [0.3, 0.4) is 0 Å². The average Bonchev–Trinajstić information content (AvgIpc) is 2.39. The molecule has 0 radical (unpaired) electrons. The van der Waals surface area contributed by atoms with E-state index in [1.54, 1.807) is 18.0 Å². The molecule has 1 aromatic carbocycles. The zero-order valence-electron chi connectivity index (χ0n) is 11.8. The number of halogens is 1. The number of anilines is 1. The number of nitrogens with zero attached hydrogens (tertiary/aromatic N) is 1. The number of carboxylic acids is 1. The predicted octanol–water partition coefficient (Wildman–Crippen LogP) is 3.80. The molecular weight excluding hydrogens is 324 g/mol. The molecule has 20 heavy (non-hydrogen) atoms. The highest BCUT2D eigenvalue weighted by Crippen LogP contribution is 2.20. The van der Waals surface area contributed by atoms with Crippen molar-refractivity contribution < 1.29 is 14.7 Å². The summed E-state index contributed by atoms with van der Waals surface area (Å²) in [5.41, 5.74) is 0.583. The van der Waals surface area contributed by atoms with Crippen molar-refractivity contribution >= 4 is 33.6 Å². The van der Waals surface area contributed by atoms with Gasteiger partial charge in [-0.25, -0.2) is 9.59 Å². The van der Waals surface area contributed by atoms with E-state index in [9.17, 15) is 9.59 Å². The molecule has 0 aliphatic carbocycles. The van der Waals surface area contributed by atoms with Gasteiger partial charge in [-0.2, -0.15) is 0 Å². The zero-order valence-corrected chi connectivity index (χ0v) is 13.4. The van der Waals surface area contributed by atoms with E-state index in [-0.39, 0.29) is 17.6 Å². The maximum Gasteiger partial charge on any atom is 0.335 e. The number of nitrogens with one attached hydrogen (secondary N) is 1. The van der Waals surface area contributed by atoms with E-state index >= 15 is 0 Å². The zero-order chi connectivity index (χ0) is 15.3. The van der Waals surface area contributed by atoms with Gasteiger partial charge in [0.05, 0.1) is 5.56 Å². The Balaban J connectivity index is 2.87. The van der Waals surface area contributed by atoms with Crippen molar-refractivity contribution in [3.8, 4) is 0 Å². The molecule has 0 spiro atoms. The van der Waals surface area contributed by atoms with E-state index < -0.39 is 5.97 Å². The number of hydrogen-bond acceptors (Lipinski definition) is 2. The molecule has 0 unspecified atom stereocenters. The lowest BCUT2D eigenvalue weighted by Crippen LogP contribution is -2.39. The van der Waals surface area contributed by atoms with E-state index in [1.165, 1.54) is 12.1 Å². The third kappa shape index (κ3) is 4.23. The second-order valence-electron chi connectivity index (χ2n) is 4.55. The standard InChI is InChI=1S/C14H19BrN2O3/c1-4-12(5-2)17(3)14(20)16-11-7-9(13(18)19)6-10(15)8-11/h6-8,12H,4-5H2,1-3H3,(H,16,20)(H,18,19). The molecule has 0 saturated carbocycles. The molecule has 1 rings (SSSR count). The Labute approximate surface area is 127 Å². The fourth-order valence-corrected chi connectivity index (χ4v) is 2.49. The van der Waals surface area contributed by atoms with Crippen LogP contribution in [0.15, 0.2) is 22.7 Å². The summed E-state index contributed by atoms with van der Waals surface area (Å²) in [5, 5.41) is 11.7. The molecule has 5 nitrogen and oxygen atoms in total. The van der Waals surface area contributed by atoms with E-state index in [0.29, 0.717) is 10.2 Å². The van der Waals surface area contributed by atoms with Crippen molar-refractivity contribution in [2.45, 2.75) is 32.7 Å². The van der Waals surface area contributed by atoms with E-state index in [2.05, 4.69) is 21.2 Å². The molecular formula is C14H19BrN2O3.